The highest BCUT2D eigenvalue weighted by Crippen LogP contribution is 2.44. The first-order chi connectivity index (χ1) is 10.3. The average molecular weight is 307 g/mol. The zero-order valence-electron chi connectivity index (χ0n) is 13.4. The number of aromatic nitrogens is 1. The van der Waals surface area contributed by atoms with Gasteiger partial charge in [-0.1, -0.05) is 13.8 Å². The highest BCUT2D eigenvalue weighted by Gasteiger charge is 2.44. The van der Waals surface area contributed by atoms with Crippen molar-refractivity contribution in [3.05, 3.63) is 29.5 Å². The molecule has 0 unspecified atom stereocenters. The number of ether oxygens (including phenoxy) is 1. The average Bonchev–Trinajstić information content (AvgIpc) is 2.79. The van der Waals surface area contributed by atoms with Gasteiger partial charge >= 0.3 is 0 Å². The number of alkyl halides is 2. The lowest BCUT2D eigenvalue weighted by atomic mass is 9.79. The van der Waals surface area contributed by atoms with Crippen LogP contribution in [0.4, 0.5) is 8.78 Å². The normalized spacial score (nSPS) is 17.9. The van der Waals surface area contributed by atoms with Crippen molar-refractivity contribution in [2.75, 3.05) is 6.61 Å². The first-order valence-corrected chi connectivity index (χ1v) is 7.98. The van der Waals surface area contributed by atoms with E-state index in [0.717, 1.165) is 16.8 Å². The van der Waals surface area contributed by atoms with Crippen molar-refractivity contribution in [2.45, 2.75) is 51.9 Å². The Kier molecular flexibility index (Phi) is 3.87. The molecule has 0 atom stereocenters. The van der Waals surface area contributed by atoms with Crippen LogP contribution in [0.15, 0.2) is 18.2 Å². The highest BCUT2D eigenvalue weighted by molar-refractivity contribution is 5.83. The highest BCUT2D eigenvalue weighted by atomic mass is 19.3. The van der Waals surface area contributed by atoms with Gasteiger partial charge in [-0.05, 0) is 42.9 Å². The molecule has 1 saturated carbocycles. The second-order valence-corrected chi connectivity index (χ2v) is 6.85. The fourth-order valence-electron chi connectivity index (χ4n) is 3.09. The molecule has 1 N–H and O–H groups in total. The van der Waals surface area contributed by atoms with Crippen LogP contribution in [0, 0.1) is 12.8 Å². The van der Waals surface area contributed by atoms with Gasteiger partial charge in [0.05, 0.1) is 6.61 Å². The van der Waals surface area contributed by atoms with Gasteiger partial charge in [0.1, 0.15) is 5.75 Å². The van der Waals surface area contributed by atoms with Crippen LogP contribution in [0.2, 0.25) is 0 Å². The van der Waals surface area contributed by atoms with E-state index in [1.54, 1.807) is 0 Å². The van der Waals surface area contributed by atoms with E-state index in [0.29, 0.717) is 18.9 Å². The molecular weight excluding hydrogens is 284 g/mol. The topological polar surface area (TPSA) is 25.0 Å². The summed E-state index contributed by atoms with van der Waals surface area (Å²) in [5.74, 6) is -1.03. The molecule has 1 aromatic heterocycles. The second kappa shape index (κ2) is 5.56. The molecule has 0 radical (unpaired) electrons. The van der Waals surface area contributed by atoms with Crippen molar-refractivity contribution in [3.8, 4) is 5.75 Å². The molecule has 2 nitrogen and oxygen atoms in total. The zero-order chi connectivity index (χ0) is 15.9. The van der Waals surface area contributed by atoms with Gasteiger partial charge in [-0.15, -0.1) is 0 Å². The predicted molar refractivity (Wildman–Crippen MR) is 84.9 cm³/mol. The second-order valence-electron chi connectivity index (χ2n) is 6.85. The summed E-state index contributed by atoms with van der Waals surface area (Å²) in [7, 11) is 0. The molecule has 1 aromatic carbocycles. The fraction of sp³-hybridized carbons (Fsp3) is 0.556. The van der Waals surface area contributed by atoms with Crippen LogP contribution in [0.25, 0.3) is 10.9 Å². The summed E-state index contributed by atoms with van der Waals surface area (Å²) in [6.45, 7) is 6.84. The molecule has 1 aliphatic carbocycles. The Morgan fingerprint density at radius 3 is 2.64 bits per heavy atom. The van der Waals surface area contributed by atoms with Gasteiger partial charge in [-0.3, -0.25) is 0 Å². The molecular formula is C18H23F2NO. The third-order valence-corrected chi connectivity index (χ3v) is 4.52. The summed E-state index contributed by atoms with van der Waals surface area (Å²) in [4.78, 5) is 3.42. The summed E-state index contributed by atoms with van der Waals surface area (Å²) < 4.78 is 31.4. The number of fused-ring (bicyclic) bond motifs is 1. The first-order valence-electron chi connectivity index (χ1n) is 7.98. The Labute approximate surface area is 129 Å². The third-order valence-electron chi connectivity index (χ3n) is 4.52. The van der Waals surface area contributed by atoms with E-state index >= 15 is 0 Å². The molecule has 0 bridgehead atoms. The first kappa shape index (κ1) is 15.3. The van der Waals surface area contributed by atoms with Gasteiger partial charge in [-0.2, -0.15) is 0 Å². The van der Waals surface area contributed by atoms with E-state index in [1.165, 1.54) is 11.1 Å². The van der Waals surface area contributed by atoms with E-state index in [4.69, 9.17) is 4.74 Å². The monoisotopic (exact) mass is 307 g/mol. The molecule has 1 aliphatic rings. The summed E-state index contributed by atoms with van der Waals surface area (Å²) in [5.41, 5.74) is 3.36. The number of rotatable bonds is 5. The predicted octanol–water partition coefficient (Wildman–Crippen LogP) is 5.41. The smallest absolute Gasteiger partial charge is 0.248 e. The van der Waals surface area contributed by atoms with Crippen molar-refractivity contribution in [2.24, 2.45) is 5.92 Å². The lowest BCUT2D eigenvalue weighted by Gasteiger charge is -2.34. The van der Waals surface area contributed by atoms with Crippen molar-refractivity contribution in [3.63, 3.8) is 0 Å². The largest absolute Gasteiger partial charge is 0.493 e. The minimum atomic E-state index is -2.43. The lowest BCUT2D eigenvalue weighted by molar-refractivity contribution is -0.113. The minimum Gasteiger partial charge on any atom is -0.493 e. The van der Waals surface area contributed by atoms with Gasteiger partial charge in [0.2, 0.25) is 5.92 Å². The molecule has 120 valence electrons. The van der Waals surface area contributed by atoms with E-state index in [1.807, 2.05) is 13.0 Å². The summed E-state index contributed by atoms with van der Waals surface area (Å²) in [6, 6.07) is 6.31. The number of aryl methyl sites for hydroxylation is 1. The van der Waals surface area contributed by atoms with Gasteiger partial charge in [0.25, 0.3) is 0 Å². The molecule has 3 rings (SSSR count). The Bertz CT molecular complexity index is 667. The number of H-pyrrole nitrogens is 1. The standard InChI is InChI=1S/C18H23F2NO/c1-11(2)15-7-14-6-12(3)17(8-16(14)21-15)22-5-4-13-9-18(19,20)10-13/h6-8,11,13,21H,4-5,9-10H2,1-3H3. The van der Waals surface area contributed by atoms with E-state index in [2.05, 4.69) is 31.0 Å². The Morgan fingerprint density at radius 2 is 2.00 bits per heavy atom. The Hall–Kier alpha value is -1.58. The van der Waals surface area contributed by atoms with Crippen LogP contribution in [0.1, 0.15) is 50.3 Å². The molecule has 1 heterocycles. The van der Waals surface area contributed by atoms with Crippen molar-refractivity contribution < 1.29 is 13.5 Å². The number of benzene rings is 1. The molecule has 4 heteroatoms. The van der Waals surface area contributed by atoms with Gasteiger partial charge < -0.3 is 9.72 Å². The number of hydrogen-bond acceptors (Lipinski definition) is 1. The van der Waals surface area contributed by atoms with E-state index < -0.39 is 5.92 Å². The van der Waals surface area contributed by atoms with Crippen LogP contribution in [-0.2, 0) is 0 Å². The molecule has 0 spiro atoms. The molecule has 0 saturated heterocycles. The fourth-order valence-corrected chi connectivity index (χ4v) is 3.09. The quantitative estimate of drug-likeness (QED) is 0.784. The maximum Gasteiger partial charge on any atom is 0.248 e. The van der Waals surface area contributed by atoms with Crippen LogP contribution in [-0.4, -0.2) is 17.5 Å². The maximum absolute atomic E-state index is 12.8. The maximum atomic E-state index is 12.8. The summed E-state index contributed by atoms with van der Waals surface area (Å²) in [6.07, 6.45) is 0.737. The summed E-state index contributed by atoms with van der Waals surface area (Å²) >= 11 is 0. The number of halogens is 2. The van der Waals surface area contributed by atoms with E-state index in [-0.39, 0.29) is 18.8 Å². The van der Waals surface area contributed by atoms with Crippen LogP contribution in [0.5, 0.6) is 5.75 Å². The Morgan fingerprint density at radius 1 is 1.27 bits per heavy atom. The zero-order valence-corrected chi connectivity index (χ0v) is 13.4. The van der Waals surface area contributed by atoms with Crippen molar-refractivity contribution in [1.29, 1.82) is 0 Å². The van der Waals surface area contributed by atoms with E-state index in [9.17, 15) is 8.78 Å². The lowest BCUT2D eigenvalue weighted by Crippen LogP contribution is -2.36. The SMILES string of the molecule is Cc1cc2cc(C(C)C)[nH]c2cc1OCCC1CC(F)(F)C1. The summed E-state index contributed by atoms with van der Waals surface area (Å²) in [5, 5.41) is 1.19. The molecule has 0 amide bonds. The molecule has 22 heavy (non-hydrogen) atoms. The van der Waals surface area contributed by atoms with Crippen LogP contribution in [0.3, 0.4) is 0 Å². The minimum absolute atomic E-state index is 0.0166. The van der Waals surface area contributed by atoms with Gasteiger partial charge in [-0.25, -0.2) is 8.78 Å². The number of hydrogen-bond donors (Lipinski definition) is 1. The molecule has 0 aliphatic heterocycles. The van der Waals surface area contributed by atoms with Crippen molar-refractivity contribution >= 4 is 10.9 Å². The Balaban J connectivity index is 1.64. The molecule has 1 fully saturated rings. The van der Waals surface area contributed by atoms with Crippen LogP contribution >= 0.6 is 0 Å². The number of nitrogens with one attached hydrogen (secondary N) is 1. The van der Waals surface area contributed by atoms with Gasteiger partial charge in [0.15, 0.2) is 0 Å². The third kappa shape index (κ3) is 3.11. The van der Waals surface area contributed by atoms with Crippen LogP contribution < -0.4 is 4.74 Å². The van der Waals surface area contributed by atoms with Gasteiger partial charge in [0, 0.05) is 35.5 Å². The molecule has 2 aromatic rings. The van der Waals surface area contributed by atoms with Crippen molar-refractivity contribution in [1.82, 2.24) is 4.98 Å². The number of aromatic amines is 1.